The fourth-order valence-electron chi connectivity index (χ4n) is 9.74. The molecule has 3 aliphatic carbocycles. The standard InChI is InChI=1S/C42H60N4O7S2/c1-43-26-41(18-13-29(23-41)20-37(49)52-4)53-35-22-31-21-32(38(35)50)46-39(44-2)45-27-55-54-25-30-9-7-17-42(30,24-28-11-12-33(47)34(19-28)51-3)36(48)10-8-16-40(31)14-5-6-15-40/h8,10-12,19,21-22,29-30,37,43,47,49-50H,5-7,9,13-18,20,23-27H2,1-4H3,(H2,44,45,46)/t29-,30+,37-,41+,42+/m1/s1. The van der Waals surface area contributed by atoms with Crippen LogP contribution in [0.2, 0.25) is 0 Å². The number of fused-ring (bicyclic) bond motifs is 4. The molecule has 2 aromatic carbocycles. The Bertz CT molecular complexity index is 1700. The highest BCUT2D eigenvalue weighted by Gasteiger charge is 2.48. The molecule has 1 heterocycles. The Morgan fingerprint density at radius 2 is 1.85 bits per heavy atom. The molecule has 0 saturated heterocycles. The number of guanidine groups is 1. The minimum Gasteiger partial charge on any atom is -0.504 e. The Labute approximate surface area is 334 Å². The molecule has 3 saturated carbocycles. The van der Waals surface area contributed by atoms with E-state index in [0.29, 0.717) is 61.3 Å². The van der Waals surface area contributed by atoms with Crippen LogP contribution in [-0.4, -0.2) is 85.4 Å². The number of methoxy groups -OCH3 is 2. The number of aliphatic hydroxyl groups is 1. The summed E-state index contributed by atoms with van der Waals surface area (Å²) >= 11 is 0. The Balaban J connectivity index is 1.37. The first-order valence-electron chi connectivity index (χ1n) is 19.8. The van der Waals surface area contributed by atoms with Gasteiger partial charge in [0.15, 0.2) is 41.0 Å². The summed E-state index contributed by atoms with van der Waals surface area (Å²) in [6, 6.07) is 9.51. The summed E-state index contributed by atoms with van der Waals surface area (Å²) in [5, 5.41) is 42.6. The zero-order valence-electron chi connectivity index (χ0n) is 32.8. The summed E-state index contributed by atoms with van der Waals surface area (Å²) in [6.45, 7) is 0.590. The van der Waals surface area contributed by atoms with Gasteiger partial charge in [-0.3, -0.25) is 9.79 Å². The van der Waals surface area contributed by atoms with Gasteiger partial charge in [0.2, 0.25) is 0 Å². The number of nitrogens with zero attached hydrogens (tertiary/aromatic N) is 1. The van der Waals surface area contributed by atoms with E-state index in [1.165, 1.54) is 7.11 Å². The highest BCUT2D eigenvalue weighted by Crippen LogP contribution is 2.52. The summed E-state index contributed by atoms with van der Waals surface area (Å²) in [5.74, 6) is 3.49. The van der Waals surface area contributed by atoms with Crippen molar-refractivity contribution in [2.24, 2.45) is 22.2 Å². The van der Waals surface area contributed by atoms with Crippen LogP contribution in [0.25, 0.3) is 0 Å². The van der Waals surface area contributed by atoms with E-state index in [-0.39, 0.29) is 34.5 Å². The molecule has 1 spiro atoms. The number of hydrogen-bond donors (Lipinski definition) is 6. The lowest BCUT2D eigenvalue weighted by Crippen LogP contribution is -2.43. The fraction of sp³-hybridized carbons (Fsp3) is 0.619. The lowest BCUT2D eigenvalue weighted by atomic mass is 9.70. The van der Waals surface area contributed by atoms with Crippen molar-refractivity contribution in [2.75, 3.05) is 51.8 Å². The van der Waals surface area contributed by atoms with Gasteiger partial charge in [-0.25, -0.2) is 0 Å². The number of aliphatic hydroxyl groups excluding tert-OH is 1. The van der Waals surface area contributed by atoms with Gasteiger partial charge < -0.3 is 45.5 Å². The number of allylic oxidation sites excluding steroid dienone is 2. The highest BCUT2D eigenvalue weighted by atomic mass is 33.1. The van der Waals surface area contributed by atoms with Gasteiger partial charge in [-0.15, -0.1) is 0 Å². The molecule has 4 aliphatic rings. The summed E-state index contributed by atoms with van der Waals surface area (Å²) < 4.78 is 17.6. The maximum Gasteiger partial charge on any atom is 0.196 e. The first kappa shape index (κ1) is 41.5. The minimum absolute atomic E-state index is 0.0296. The Kier molecular flexibility index (Phi) is 13.9. The van der Waals surface area contributed by atoms with E-state index in [1.807, 2.05) is 37.4 Å². The van der Waals surface area contributed by atoms with Gasteiger partial charge in [0.05, 0.1) is 18.7 Å². The number of aliphatic imine (C=N–C) groups is 1. The van der Waals surface area contributed by atoms with Gasteiger partial charge in [-0.1, -0.05) is 53.0 Å². The molecule has 0 radical (unpaired) electrons. The SMILES string of the molecule is CN=C1NCSSC[C@@H]2CCC[C@@]2(Cc2ccc(O)c(OC)c2)C(=O)C=CCC2(CCCC2)c2cc(c(O)c(O[C@@]3(CNC)CC[C@H](C[C@H](O)OC)C3)c2)N1. The largest absolute Gasteiger partial charge is 0.504 e. The number of hydrogen-bond acceptors (Lipinski definition) is 11. The second-order valence-electron chi connectivity index (χ2n) is 16.0. The number of aromatic hydroxyl groups is 2. The Morgan fingerprint density at radius 3 is 2.60 bits per heavy atom. The summed E-state index contributed by atoms with van der Waals surface area (Å²) in [6.07, 6.45) is 14.2. The lowest BCUT2D eigenvalue weighted by Gasteiger charge is -2.34. The normalized spacial score (nSPS) is 28.4. The van der Waals surface area contributed by atoms with Crippen LogP contribution in [0, 0.1) is 17.3 Å². The molecule has 2 aromatic rings. The van der Waals surface area contributed by atoms with E-state index in [0.717, 1.165) is 74.7 Å². The average molecular weight is 797 g/mol. The fourth-order valence-corrected chi connectivity index (χ4v) is 12.0. The van der Waals surface area contributed by atoms with E-state index in [1.54, 1.807) is 41.8 Å². The Morgan fingerprint density at radius 1 is 1.04 bits per heavy atom. The predicted molar refractivity (Wildman–Crippen MR) is 222 cm³/mol. The van der Waals surface area contributed by atoms with Crippen molar-refractivity contribution in [3.63, 3.8) is 0 Å². The second-order valence-corrected chi connectivity index (χ2v) is 18.5. The number of rotatable bonds is 10. The number of carbonyl (C=O) groups is 1. The first-order chi connectivity index (χ1) is 26.6. The third kappa shape index (κ3) is 9.38. The topological polar surface area (TPSA) is 154 Å². The lowest BCUT2D eigenvalue weighted by molar-refractivity contribution is -0.125. The molecule has 6 N–H and O–H groups in total. The zero-order valence-corrected chi connectivity index (χ0v) is 34.5. The maximum absolute atomic E-state index is 14.7. The van der Waals surface area contributed by atoms with Crippen LogP contribution in [-0.2, 0) is 21.4 Å². The molecule has 3 fully saturated rings. The van der Waals surface area contributed by atoms with Crippen molar-refractivity contribution in [2.45, 2.75) is 101 Å². The van der Waals surface area contributed by atoms with Gasteiger partial charge in [0.1, 0.15) is 5.60 Å². The number of likely N-dealkylation sites (N-methyl/N-ethyl adjacent to an activating group) is 1. The molecule has 55 heavy (non-hydrogen) atoms. The summed E-state index contributed by atoms with van der Waals surface area (Å²) in [5.41, 5.74) is 1.19. The number of ether oxygens (including phenoxy) is 3. The van der Waals surface area contributed by atoms with Gasteiger partial charge in [-0.05, 0) is 124 Å². The number of phenolic OH excluding ortho intramolecular Hbond substituents is 2. The Hall–Kier alpha value is -3.10. The predicted octanol–water partition coefficient (Wildman–Crippen LogP) is 7.29. The molecule has 302 valence electrons. The van der Waals surface area contributed by atoms with Gasteiger partial charge in [0.25, 0.3) is 0 Å². The molecule has 0 amide bonds. The molecule has 0 unspecified atom stereocenters. The van der Waals surface area contributed by atoms with Crippen molar-refractivity contribution < 1.29 is 34.3 Å². The monoisotopic (exact) mass is 796 g/mol. The van der Waals surface area contributed by atoms with E-state index in [4.69, 9.17) is 14.2 Å². The number of phenols is 2. The third-order valence-electron chi connectivity index (χ3n) is 12.7. The van der Waals surface area contributed by atoms with E-state index in [9.17, 15) is 20.1 Å². The van der Waals surface area contributed by atoms with Crippen LogP contribution in [0.15, 0.2) is 47.5 Å². The van der Waals surface area contributed by atoms with E-state index < -0.39 is 17.3 Å². The molecule has 5 atom stereocenters. The van der Waals surface area contributed by atoms with Crippen molar-refractivity contribution >= 4 is 39.0 Å². The van der Waals surface area contributed by atoms with Gasteiger partial charge in [0, 0.05) is 38.3 Å². The number of benzene rings is 2. The van der Waals surface area contributed by atoms with Crippen LogP contribution in [0.4, 0.5) is 5.69 Å². The maximum atomic E-state index is 14.7. The molecule has 11 nitrogen and oxygen atoms in total. The zero-order chi connectivity index (χ0) is 39.1. The average Bonchev–Trinajstić information content (AvgIpc) is 3.93. The van der Waals surface area contributed by atoms with Crippen LogP contribution in [0.5, 0.6) is 23.0 Å². The molecular formula is C42H60N4O7S2. The smallest absolute Gasteiger partial charge is 0.196 e. The van der Waals surface area contributed by atoms with Gasteiger partial charge >= 0.3 is 0 Å². The van der Waals surface area contributed by atoms with Crippen LogP contribution < -0.4 is 25.4 Å². The van der Waals surface area contributed by atoms with Crippen LogP contribution in [0.3, 0.4) is 0 Å². The third-order valence-corrected chi connectivity index (χ3v) is 14.9. The summed E-state index contributed by atoms with van der Waals surface area (Å²) in [4.78, 5) is 19.2. The number of nitrogens with one attached hydrogen (secondary N) is 3. The van der Waals surface area contributed by atoms with Crippen LogP contribution in [0.1, 0.15) is 88.2 Å². The molecule has 2 bridgehead atoms. The number of ketones is 1. The molecule has 1 aliphatic heterocycles. The number of anilines is 1. The molecular weight excluding hydrogens is 737 g/mol. The van der Waals surface area contributed by atoms with E-state index in [2.05, 4.69) is 27.0 Å². The van der Waals surface area contributed by atoms with Crippen molar-refractivity contribution in [3.05, 3.63) is 53.6 Å². The van der Waals surface area contributed by atoms with Crippen molar-refractivity contribution in [1.29, 1.82) is 0 Å². The molecule has 0 aromatic heterocycles. The van der Waals surface area contributed by atoms with Crippen molar-refractivity contribution in [1.82, 2.24) is 10.6 Å². The minimum atomic E-state index is -0.823. The summed E-state index contributed by atoms with van der Waals surface area (Å²) in [7, 11) is 10.2. The molecule has 13 heteroatoms. The van der Waals surface area contributed by atoms with Gasteiger partial charge in [-0.2, -0.15) is 0 Å². The number of carbonyl (C=O) groups excluding carboxylic acids is 1. The highest BCUT2D eigenvalue weighted by molar-refractivity contribution is 8.76. The van der Waals surface area contributed by atoms with Crippen LogP contribution >= 0.6 is 21.6 Å². The second kappa shape index (κ2) is 18.4. The quantitative estimate of drug-likeness (QED) is 0.0813. The molecule has 6 rings (SSSR count). The van der Waals surface area contributed by atoms with E-state index >= 15 is 0 Å². The first-order valence-corrected chi connectivity index (χ1v) is 22.3. The van der Waals surface area contributed by atoms with Crippen molar-refractivity contribution in [3.8, 4) is 23.0 Å².